The number of carbonyl (C=O) groups is 1. The van der Waals surface area contributed by atoms with E-state index in [0.717, 1.165) is 30.5 Å². The van der Waals surface area contributed by atoms with Crippen molar-refractivity contribution in [1.29, 1.82) is 0 Å². The van der Waals surface area contributed by atoms with Gasteiger partial charge in [-0.05, 0) is 66.8 Å². The number of nitrogens with zero attached hydrogens (tertiary/aromatic N) is 1. The number of aromatic nitrogens is 1. The van der Waals surface area contributed by atoms with Crippen molar-refractivity contribution in [1.82, 2.24) is 4.98 Å². The molecule has 2 aromatic carbocycles. The number of anilines is 4. The molecule has 0 aliphatic heterocycles. The Morgan fingerprint density at radius 3 is 2.33 bits per heavy atom. The van der Waals surface area contributed by atoms with E-state index in [-0.39, 0.29) is 28.6 Å². The summed E-state index contributed by atoms with van der Waals surface area (Å²) in [5.74, 6) is -0.797. The second-order valence-corrected chi connectivity index (χ2v) is 9.08. The molecule has 1 fully saturated rings. The second kappa shape index (κ2) is 10.7. The highest BCUT2D eigenvalue weighted by molar-refractivity contribution is 6.33. The van der Waals surface area contributed by atoms with Crippen LogP contribution in [0.3, 0.4) is 0 Å². The molecule has 4 rings (SSSR count). The third-order valence-corrected chi connectivity index (χ3v) is 6.47. The summed E-state index contributed by atoms with van der Waals surface area (Å²) in [7, 11) is 1.30. The predicted octanol–water partition coefficient (Wildman–Crippen LogP) is 8.00. The highest BCUT2D eigenvalue weighted by Crippen LogP contribution is 2.38. The topological polar surface area (TPSA) is 83.5 Å². The molecule has 3 aromatic rings. The second-order valence-electron chi connectivity index (χ2n) is 8.67. The van der Waals surface area contributed by atoms with Crippen molar-refractivity contribution >= 4 is 40.5 Å². The first-order valence-corrected chi connectivity index (χ1v) is 11.9. The molecule has 190 valence electrons. The van der Waals surface area contributed by atoms with E-state index in [0.29, 0.717) is 16.6 Å². The van der Waals surface area contributed by atoms with Gasteiger partial charge in [0.2, 0.25) is 0 Å². The van der Waals surface area contributed by atoms with Gasteiger partial charge in [0.25, 0.3) is 0 Å². The van der Waals surface area contributed by atoms with E-state index in [9.17, 15) is 23.1 Å². The number of carboxylic acid groups (broad SMARTS) is 1. The first-order chi connectivity index (χ1) is 17.1. The van der Waals surface area contributed by atoms with Crippen LogP contribution in [0.4, 0.5) is 36.1 Å². The minimum atomic E-state index is -4.61. The summed E-state index contributed by atoms with van der Waals surface area (Å²) >= 11 is 6.50. The standard InChI is InChI=1S/C26H25ClF3N3O3/c1-36-22-9-10-23(33-24(22)25(34)35)32-19-13-17(26(28,29)30)12-18(14-19)31-21-8-7-16(11-20(21)27)15-5-3-2-4-6-15/h7-15,31H,2-6H2,1H3,(H,32,33)(H,34,35). The number of nitrogens with one attached hydrogen (secondary N) is 2. The summed E-state index contributed by atoms with van der Waals surface area (Å²) in [5.41, 5.74) is 0.589. The summed E-state index contributed by atoms with van der Waals surface area (Å²) < 4.78 is 45.9. The fourth-order valence-corrected chi connectivity index (χ4v) is 4.63. The molecule has 1 heterocycles. The number of benzene rings is 2. The van der Waals surface area contributed by atoms with Crippen LogP contribution in [0.5, 0.6) is 5.75 Å². The Balaban J connectivity index is 1.62. The molecule has 3 N–H and O–H groups in total. The number of pyridine rings is 1. The van der Waals surface area contributed by atoms with Crippen LogP contribution >= 0.6 is 11.6 Å². The monoisotopic (exact) mass is 519 g/mol. The van der Waals surface area contributed by atoms with Gasteiger partial charge in [-0.25, -0.2) is 9.78 Å². The largest absolute Gasteiger partial charge is 0.494 e. The molecule has 1 aromatic heterocycles. The van der Waals surface area contributed by atoms with Gasteiger partial charge >= 0.3 is 12.1 Å². The van der Waals surface area contributed by atoms with Crippen LogP contribution in [0.15, 0.2) is 48.5 Å². The first kappa shape index (κ1) is 25.6. The Bertz CT molecular complexity index is 1260. The Morgan fingerprint density at radius 2 is 1.72 bits per heavy atom. The minimum Gasteiger partial charge on any atom is -0.494 e. The van der Waals surface area contributed by atoms with Crippen molar-refractivity contribution in [3.05, 3.63) is 70.4 Å². The van der Waals surface area contributed by atoms with Crippen molar-refractivity contribution in [2.24, 2.45) is 0 Å². The molecule has 0 bridgehead atoms. The molecule has 0 amide bonds. The molecule has 0 radical (unpaired) electrons. The number of methoxy groups -OCH3 is 1. The molecule has 0 saturated heterocycles. The lowest BCUT2D eigenvalue weighted by atomic mass is 9.84. The van der Waals surface area contributed by atoms with Gasteiger partial charge in [0, 0.05) is 11.4 Å². The van der Waals surface area contributed by atoms with Crippen LogP contribution in [-0.4, -0.2) is 23.2 Å². The lowest BCUT2D eigenvalue weighted by Gasteiger charge is -2.22. The smallest absolute Gasteiger partial charge is 0.416 e. The molecule has 10 heteroatoms. The minimum absolute atomic E-state index is 0.0331. The molecule has 1 aliphatic rings. The Kier molecular flexibility index (Phi) is 7.59. The zero-order valence-electron chi connectivity index (χ0n) is 19.5. The third kappa shape index (κ3) is 6.02. The van der Waals surface area contributed by atoms with Gasteiger partial charge in [0.05, 0.1) is 23.4 Å². The van der Waals surface area contributed by atoms with Crippen LogP contribution in [0.1, 0.15) is 59.6 Å². The van der Waals surface area contributed by atoms with Gasteiger partial charge < -0.3 is 20.5 Å². The molecular formula is C26H25ClF3N3O3. The molecule has 1 aliphatic carbocycles. The molecular weight excluding hydrogens is 495 g/mol. The number of hydrogen-bond donors (Lipinski definition) is 3. The number of halogens is 4. The van der Waals surface area contributed by atoms with E-state index in [1.54, 1.807) is 6.07 Å². The van der Waals surface area contributed by atoms with E-state index in [4.69, 9.17) is 16.3 Å². The van der Waals surface area contributed by atoms with E-state index in [1.807, 2.05) is 12.1 Å². The molecule has 0 unspecified atom stereocenters. The van der Waals surface area contributed by atoms with Crippen LogP contribution in [0.2, 0.25) is 5.02 Å². The maximum atomic E-state index is 13.6. The number of aromatic carboxylic acids is 1. The molecule has 0 spiro atoms. The maximum Gasteiger partial charge on any atom is 0.416 e. The first-order valence-electron chi connectivity index (χ1n) is 11.5. The van der Waals surface area contributed by atoms with Gasteiger partial charge in [0.1, 0.15) is 5.82 Å². The maximum absolute atomic E-state index is 13.6. The van der Waals surface area contributed by atoms with Crippen LogP contribution < -0.4 is 15.4 Å². The molecule has 0 atom stereocenters. The summed E-state index contributed by atoms with van der Waals surface area (Å²) in [6.45, 7) is 0. The van der Waals surface area contributed by atoms with Gasteiger partial charge in [-0.1, -0.05) is 36.9 Å². The Morgan fingerprint density at radius 1 is 1.03 bits per heavy atom. The van der Waals surface area contributed by atoms with Crippen molar-refractivity contribution in [3.8, 4) is 5.75 Å². The average Bonchev–Trinajstić information content (AvgIpc) is 2.85. The van der Waals surface area contributed by atoms with Crippen LogP contribution in [0, 0.1) is 0 Å². The van der Waals surface area contributed by atoms with Crippen molar-refractivity contribution < 1.29 is 27.8 Å². The number of rotatable bonds is 7. The zero-order chi connectivity index (χ0) is 25.9. The van der Waals surface area contributed by atoms with E-state index in [2.05, 4.69) is 15.6 Å². The average molecular weight is 520 g/mol. The van der Waals surface area contributed by atoms with Gasteiger partial charge in [0.15, 0.2) is 11.4 Å². The number of carboxylic acids is 1. The van der Waals surface area contributed by atoms with Crippen LogP contribution in [0.25, 0.3) is 0 Å². The van der Waals surface area contributed by atoms with Gasteiger partial charge in [-0.3, -0.25) is 0 Å². The zero-order valence-corrected chi connectivity index (χ0v) is 20.2. The summed E-state index contributed by atoms with van der Waals surface area (Å²) in [6.07, 6.45) is 1.20. The molecule has 1 saturated carbocycles. The fraction of sp³-hybridized carbons (Fsp3) is 0.308. The van der Waals surface area contributed by atoms with Crippen molar-refractivity contribution in [2.75, 3.05) is 17.7 Å². The SMILES string of the molecule is COc1ccc(Nc2cc(Nc3ccc(C4CCCCC4)cc3Cl)cc(C(F)(F)F)c2)nc1C(=O)O. The van der Waals surface area contributed by atoms with E-state index in [1.165, 1.54) is 44.6 Å². The predicted molar refractivity (Wildman–Crippen MR) is 133 cm³/mol. The quantitative estimate of drug-likeness (QED) is 0.293. The van der Waals surface area contributed by atoms with Gasteiger partial charge in [-0.2, -0.15) is 13.2 Å². The van der Waals surface area contributed by atoms with Gasteiger partial charge in [-0.15, -0.1) is 0 Å². The lowest BCUT2D eigenvalue weighted by Crippen LogP contribution is -2.08. The Hall–Kier alpha value is -3.46. The van der Waals surface area contributed by atoms with Crippen molar-refractivity contribution in [3.63, 3.8) is 0 Å². The summed E-state index contributed by atoms with van der Waals surface area (Å²) in [5, 5.41) is 15.5. The molecule has 6 nitrogen and oxygen atoms in total. The van der Waals surface area contributed by atoms with Crippen molar-refractivity contribution in [2.45, 2.75) is 44.2 Å². The molecule has 36 heavy (non-hydrogen) atoms. The Labute approximate surface area is 211 Å². The summed E-state index contributed by atoms with van der Waals surface area (Å²) in [6, 6.07) is 11.8. The van der Waals surface area contributed by atoms with E-state index >= 15 is 0 Å². The lowest BCUT2D eigenvalue weighted by molar-refractivity contribution is -0.137. The highest BCUT2D eigenvalue weighted by atomic mass is 35.5. The number of ether oxygens (including phenoxy) is 1. The number of alkyl halides is 3. The van der Waals surface area contributed by atoms with Crippen LogP contribution in [-0.2, 0) is 6.18 Å². The summed E-state index contributed by atoms with van der Waals surface area (Å²) in [4.78, 5) is 15.4. The van der Waals surface area contributed by atoms with E-state index < -0.39 is 17.7 Å². The highest BCUT2D eigenvalue weighted by Gasteiger charge is 2.31. The fourth-order valence-electron chi connectivity index (χ4n) is 4.40. The number of hydrogen-bond acceptors (Lipinski definition) is 5. The normalized spacial score (nSPS) is 14.4. The third-order valence-electron chi connectivity index (χ3n) is 6.16.